The molecule has 1 aromatic carbocycles. The molecule has 138 valence electrons. The Kier molecular flexibility index (Phi) is 7.35. The first-order valence-electron chi connectivity index (χ1n) is 8.13. The molecule has 1 amide bonds. The Labute approximate surface area is 156 Å². The van der Waals surface area contributed by atoms with Crippen molar-refractivity contribution < 1.29 is 23.9 Å². The number of carbonyl (C=O) groups is 3. The van der Waals surface area contributed by atoms with Crippen LogP contribution in [0.1, 0.15) is 33.0 Å². The lowest BCUT2D eigenvalue weighted by Crippen LogP contribution is -2.28. The number of esters is 1. The molecule has 1 heterocycles. The number of carbonyl (C=O) groups excluding carboxylic acids is 3. The summed E-state index contributed by atoms with van der Waals surface area (Å²) in [6.45, 7) is 1.89. The van der Waals surface area contributed by atoms with E-state index in [0.717, 1.165) is 16.2 Å². The Balaban J connectivity index is 1.64. The van der Waals surface area contributed by atoms with Crippen molar-refractivity contribution in [1.29, 1.82) is 0 Å². The third kappa shape index (κ3) is 6.33. The van der Waals surface area contributed by atoms with Gasteiger partial charge in [0.05, 0.1) is 18.4 Å². The van der Waals surface area contributed by atoms with Gasteiger partial charge >= 0.3 is 5.97 Å². The first-order valence-corrected chi connectivity index (χ1v) is 8.94. The highest BCUT2D eigenvalue weighted by Gasteiger charge is 2.13. The zero-order chi connectivity index (χ0) is 18.9. The molecule has 0 atom stereocenters. The number of ketones is 1. The van der Waals surface area contributed by atoms with E-state index in [1.807, 2.05) is 25.1 Å². The Hall–Kier alpha value is -2.67. The molecular formula is C19H21NO5S. The molecule has 0 aliphatic heterocycles. The van der Waals surface area contributed by atoms with Gasteiger partial charge in [0, 0.05) is 17.8 Å². The van der Waals surface area contributed by atoms with Gasteiger partial charge in [0.25, 0.3) is 5.91 Å². The number of thiophene rings is 1. The van der Waals surface area contributed by atoms with Gasteiger partial charge in [0.15, 0.2) is 12.4 Å². The largest absolute Gasteiger partial charge is 0.497 e. The zero-order valence-corrected chi connectivity index (χ0v) is 15.6. The van der Waals surface area contributed by atoms with Crippen LogP contribution in [0.3, 0.4) is 0 Å². The van der Waals surface area contributed by atoms with Gasteiger partial charge in [-0.3, -0.25) is 14.4 Å². The van der Waals surface area contributed by atoms with Gasteiger partial charge in [-0.1, -0.05) is 12.1 Å². The molecule has 0 spiro atoms. The summed E-state index contributed by atoms with van der Waals surface area (Å²) in [6, 6.07) is 10.9. The monoisotopic (exact) mass is 375 g/mol. The second kappa shape index (κ2) is 9.72. The molecule has 0 bridgehead atoms. The van der Waals surface area contributed by atoms with E-state index in [4.69, 9.17) is 9.47 Å². The third-order valence-corrected chi connectivity index (χ3v) is 4.63. The summed E-state index contributed by atoms with van der Waals surface area (Å²) in [6.07, 6.45) is 0.0355. The fourth-order valence-electron chi connectivity index (χ4n) is 2.14. The predicted molar refractivity (Wildman–Crippen MR) is 98.4 cm³/mol. The van der Waals surface area contributed by atoms with Crippen molar-refractivity contribution >= 4 is 29.0 Å². The zero-order valence-electron chi connectivity index (χ0n) is 14.7. The van der Waals surface area contributed by atoms with Crippen LogP contribution in [-0.4, -0.2) is 31.4 Å². The first-order chi connectivity index (χ1) is 12.5. The molecule has 1 N–H and O–H groups in total. The summed E-state index contributed by atoms with van der Waals surface area (Å²) in [5.74, 6) is -0.314. The van der Waals surface area contributed by atoms with Crippen LogP contribution in [0.5, 0.6) is 5.75 Å². The van der Waals surface area contributed by atoms with Crippen LogP contribution in [0.2, 0.25) is 0 Å². The molecule has 0 unspecified atom stereocenters. The van der Waals surface area contributed by atoms with E-state index in [9.17, 15) is 14.4 Å². The minimum Gasteiger partial charge on any atom is -0.497 e. The highest BCUT2D eigenvalue weighted by Crippen LogP contribution is 2.17. The molecule has 0 saturated heterocycles. The van der Waals surface area contributed by atoms with E-state index in [1.165, 1.54) is 11.3 Å². The maximum Gasteiger partial charge on any atom is 0.306 e. The van der Waals surface area contributed by atoms with E-state index < -0.39 is 11.9 Å². The standard InChI is InChI=1S/C19H21NO5S/c1-13-3-9-17(26-13)16(21)8-10-19(23)25-12-18(22)20-11-14-4-6-15(24-2)7-5-14/h3-7,9H,8,10-12H2,1-2H3,(H,20,22). The molecule has 1 aromatic heterocycles. The predicted octanol–water partition coefficient (Wildman–Crippen LogP) is 2.89. The van der Waals surface area contributed by atoms with Gasteiger partial charge in [0.2, 0.25) is 0 Å². The minimum absolute atomic E-state index is 0.0401. The molecule has 2 rings (SSSR count). The molecule has 7 heteroatoms. The molecule has 0 radical (unpaired) electrons. The van der Waals surface area contributed by atoms with Crippen molar-refractivity contribution in [1.82, 2.24) is 5.32 Å². The second-order valence-corrected chi connectivity index (χ2v) is 6.91. The molecule has 0 saturated carbocycles. The maximum absolute atomic E-state index is 11.9. The summed E-state index contributed by atoms with van der Waals surface area (Å²) < 4.78 is 9.96. The maximum atomic E-state index is 11.9. The molecule has 0 aliphatic rings. The number of rotatable bonds is 9. The average molecular weight is 375 g/mol. The van der Waals surface area contributed by atoms with Crippen molar-refractivity contribution in [2.24, 2.45) is 0 Å². The van der Waals surface area contributed by atoms with Gasteiger partial charge in [-0.2, -0.15) is 0 Å². The Morgan fingerprint density at radius 3 is 2.38 bits per heavy atom. The van der Waals surface area contributed by atoms with Crippen molar-refractivity contribution in [2.75, 3.05) is 13.7 Å². The minimum atomic E-state index is -0.564. The molecule has 2 aromatic rings. The lowest BCUT2D eigenvalue weighted by Gasteiger charge is -2.07. The number of nitrogens with one attached hydrogen (secondary N) is 1. The number of benzene rings is 1. The average Bonchev–Trinajstić information content (AvgIpc) is 3.09. The number of amides is 1. The summed E-state index contributed by atoms with van der Waals surface area (Å²) in [4.78, 5) is 37.0. The molecule has 6 nitrogen and oxygen atoms in total. The Morgan fingerprint density at radius 1 is 1.04 bits per heavy atom. The molecule has 26 heavy (non-hydrogen) atoms. The van der Waals surface area contributed by atoms with Crippen molar-refractivity contribution in [3.8, 4) is 5.75 Å². The lowest BCUT2D eigenvalue weighted by atomic mass is 10.2. The Morgan fingerprint density at radius 2 is 1.77 bits per heavy atom. The quantitative estimate of drug-likeness (QED) is 0.538. The summed E-state index contributed by atoms with van der Waals surface area (Å²) >= 11 is 1.40. The highest BCUT2D eigenvalue weighted by atomic mass is 32.1. The van der Waals surface area contributed by atoms with Crippen LogP contribution in [0.4, 0.5) is 0 Å². The fourth-order valence-corrected chi connectivity index (χ4v) is 2.97. The highest BCUT2D eigenvalue weighted by molar-refractivity contribution is 7.14. The van der Waals surface area contributed by atoms with Gasteiger partial charge in [-0.15, -0.1) is 11.3 Å². The van der Waals surface area contributed by atoms with E-state index >= 15 is 0 Å². The van der Waals surface area contributed by atoms with E-state index in [1.54, 1.807) is 25.3 Å². The van der Waals surface area contributed by atoms with Gasteiger partial charge < -0.3 is 14.8 Å². The summed E-state index contributed by atoms with van der Waals surface area (Å²) in [7, 11) is 1.58. The molecular weight excluding hydrogens is 354 g/mol. The number of ether oxygens (including phenoxy) is 2. The number of hydrogen-bond donors (Lipinski definition) is 1. The topological polar surface area (TPSA) is 81.7 Å². The van der Waals surface area contributed by atoms with Crippen LogP contribution in [-0.2, 0) is 20.9 Å². The van der Waals surface area contributed by atoms with Crippen LogP contribution in [0, 0.1) is 6.92 Å². The van der Waals surface area contributed by atoms with Crippen LogP contribution >= 0.6 is 11.3 Å². The van der Waals surface area contributed by atoms with Gasteiger partial charge in [-0.05, 0) is 36.8 Å². The summed E-state index contributed by atoms with van der Waals surface area (Å²) in [5, 5.41) is 2.66. The van der Waals surface area contributed by atoms with Crippen molar-refractivity contribution in [3.63, 3.8) is 0 Å². The van der Waals surface area contributed by atoms with Crippen LogP contribution < -0.4 is 10.1 Å². The van der Waals surface area contributed by atoms with Gasteiger partial charge in [0.1, 0.15) is 5.75 Å². The SMILES string of the molecule is COc1ccc(CNC(=O)COC(=O)CCC(=O)c2ccc(C)s2)cc1. The van der Waals surface area contributed by atoms with Crippen LogP contribution in [0.15, 0.2) is 36.4 Å². The van der Waals surface area contributed by atoms with E-state index in [0.29, 0.717) is 11.4 Å². The number of Topliss-reactive ketones (excluding diaryl/α,β-unsaturated/α-hetero) is 1. The van der Waals surface area contributed by atoms with Crippen molar-refractivity contribution in [3.05, 3.63) is 51.7 Å². The first kappa shape index (κ1) is 19.7. The Bertz CT molecular complexity index is 766. The lowest BCUT2D eigenvalue weighted by molar-refractivity contribution is -0.148. The van der Waals surface area contributed by atoms with E-state index in [-0.39, 0.29) is 25.2 Å². The van der Waals surface area contributed by atoms with E-state index in [2.05, 4.69) is 5.32 Å². The number of methoxy groups -OCH3 is 1. The molecule has 0 fully saturated rings. The normalized spacial score (nSPS) is 10.2. The number of aryl methyl sites for hydroxylation is 1. The third-order valence-electron chi connectivity index (χ3n) is 3.58. The number of hydrogen-bond acceptors (Lipinski definition) is 6. The fraction of sp³-hybridized carbons (Fsp3) is 0.316. The van der Waals surface area contributed by atoms with Crippen molar-refractivity contribution in [2.45, 2.75) is 26.3 Å². The summed E-state index contributed by atoms with van der Waals surface area (Å²) in [5.41, 5.74) is 0.905. The molecule has 0 aliphatic carbocycles. The second-order valence-electron chi connectivity index (χ2n) is 5.62. The van der Waals surface area contributed by atoms with Crippen LogP contribution in [0.25, 0.3) is 0 Å². The van der Waals surface area contributed by atoms with Gasteiger partial charge in [-0.25, -0.2) is 0 Å². The smallest absolute Gasteiger partial charge is 0.306 e.